The second-order valence-corrected chi connectivity index (χ2v) is 2.19. The lowest BCUT2D eigenvalue weighted by atomic mass is 10.1. The molecule has 0 radical (unpaired) electrons. The molecule has 0 heterocycles. The zero-order valence-corrected chi connectivity index (χ0v) is 6.61. The number of hydrogen-bond donors (Lipinski definition) is 1. The van der Waals surface area contributed by atoms with Crippen LogP contribution in [0.1, 0.15) is 13.8 Å². The Bertz CT molecular complexity index is 143. The van der Waals surface area contributed by atoms with Gasteiger partial charge in [-0.2, -0.15) is 0 Å². The predicted molar refractivity (Wildman–Crippen MR) is 37.9 cm³/mol. The number of aldehydes is 1. The first-order chi connectivity index (χ1) is 5.13. The van der Waals surface area contributed by atoms with Crippen molar-refractivity contribution in [3.8, 4) is 0 Å². The molecule has 0 aromatic carbocycles. The fraction of sp³-hybridized carbons (Fsp3) is 0.714. The lowest BCUT2D eigenvalue weighted by molar-refractivity contribution is -0.156. The molecule has 0 aromatic heterocycles. The zero-order valence-electron chi connectivity index (χ0n) is 6.61. The molecule has 0 amide bonds. The Morgan fingerprint density at radius 1 is 1.73 bits per heavy atom. The molecule has 0 unspecified atom stereocenters. The van der Waals surface area contributed by atoms with Crippen LogP contribution in [-0.4, -0.2) is 30.1 Å². The molecule has 64 valence electrons. The van der Waals surface area contributed by atoms with Gasteiger partial charge in [0.15, 0.2) is 6.10 Å². The van der Waals surface area contributed by atoms with Gasteiger partial charge in [-0.25, -0.2) is 4.79 Å². The minimum Gasteiger partial charge on any atom is -0.464 e. The molecule has 0 aliphatic carbocycles. The number of rotatable bonds is 4. The van der Waals surface area contributed by atoms with Crippen molar-refractivity contribution in [2.45, 2.75) is 20.0 Å². The average Bonchev–Trinajstić information content (AvgIpc) is 2.02. The highest BCUT2D eigenvalue weighted by atomic mass is 16.5. The maximum Gasteiger partial charge on any atom is 0.335 e. The quantitative estimate of drug-likeness (QED) is 0.455. The van der Waals surface area contributed by atoms with Gasteiger partial charge in [-0.05, 0) is 6.92 Å². The van der Waals surface area contributed by atoms with Crippen LogP contribution in [0.15, 0.2) is 0 Å². The summed E-state index contributed by atoms with van der Waals surface area (Å²) in [6, 6.07) is 0. The summed E-state index contributed by atoms with van der Waals surface area (Å²) in [6.07, 6.45) is -0.811. The lowest BCUT2D eigenvalue weighted by Crippen LogP contribution is -2.30. The summed E-state index contributed by atoms with van der Waals surface area (Å²) in [6.45, 7) is 3.30. The average molecular weight is 160 g/mol. The van der Waals surface area contributed by atoms with Crippen LogP contribution < -0.4 is 0 Å². The molecule has 0 aromatic rings. The number of ether oxygens (including phenoxy) is 1. The minimum atomic E-state index is -1.33. The molecule has 2 atom stereocenters. The molecule has 4 nitrogen and oxygen atoms in total. The summed E-state index contributed by atoms with van der Waals surface area (Å²) < 4.78 is 4.48. The fourth-order valence-electron chi connectivity index (χ4n) is 0.517. The zero-order chi connectivity index (χ0) is 8.85. The maximum absolute atomic E-state index is 10.7. The third-order valence-electron chi connectivity index (χ3n) is 1.24. The monoisotopic (exact) mass is 160 g/mol. The predicted octanol–water partition coefficient (Wildman–Crippen LogP) is -0.255. The second kappa shape index (κ2) is 4.85. The molecule has 0 rings (SSSR count). The minimum absolute atomic E-state index is 0.210. The second-order valence-electron chi connectivity index (χ2n) is 2.19. The van der Waals surface area contributed by atoms with E-state index < -0.39 is 18.0 Å². The molecular weight excluding hydrogens is 148 g/mol. The van der Waals surface area contributed by atoms with Crippen LogP contribution >= 0.6 is 0 Å². The van der Waals surface area contributed by atoms with E-state index in [4.69, 9.17) is 5.11 Å². The van der Waals surface area contributed by atoms with Gasteiger partial charge in [-0.15, -0.1) is 0 Å². The van der Waals surface area contributed by atoms with Crippen molar-refractivity contribution in [2.75, 3.05) is 6.61 Å². The van der Waals surface area contributed by atoms with E-state index in [0.717, 1.165) is 0 Å². The number of hydrogen-bond acceptors (Lipinski definition) is 4. The van der Waals surface area contributed by atoms with Gasteiger partial charge >= 0.3 is 5.97 Å². The number of esters is 1. The number of carbonyl (C=O) groups excluding carboxylic acids is 2. The van der Waals surface area contributed by atoms with E-state index in [2.05, 4.69) is 4.74 Å². The van der Waals surface area contributed by atoms with Crippen LogP contribution in [0.2, 0.25) is 0 Å². The largest absolute Gasteiger partial charge is 0.464 e. The Labute approximate surface area is 65.2 Å². The molecule has 1 N–H and O–H groups in total. The van der Waals surface area contributed by atoms with Crippen molar-refractivity contribution >= 4 is 12.3 Å². The van der Waals surface area contributed by atoms with Crippen LogP contribution in [-0.2, 0) is 14.3 Å². The third kappa shape index (κ3) is 3.13. The summed E-state index contributed by atoms with van der Waals surface area (Å²) in [5, 5.41) is 9.01. The van der Waals surface area contributed by atoms with E-state index >= 15 is 0 Å². The van der Waals surface area contributed by atoms with Gasteiger partial charge in [0.25, 0.3) is 0 Å². The molecule has 0 fully saturated rings. The molecular formula is C7H12O4. The molecule has 0 saturated carbocycles. The van der Waals surface area contributed by atoms with Gasteiger partial charge < -0.3 is 14.6 Å². The Kier molecular flexibility index (Phi) is 4.45. The Hall–Kier alpha value is -0.900. The Morgan fingerprint density at radius 2 is 2.27 bits per heavy atom. The Balaban J connectivity index is 3.90. The molecule has 4 heteroatoms. The molecule has 0 spiro atoms. The summed E-state index contributed by atoms with van der Waals surface area (Å²) >= 11 is 0. The Morgan fingerprint density at radius 3 is 2.64 bits per heavy atom. The van der Waals surface area contributed by atoms with Crippen molar-refractivity contribution in [1.29, 1.82) is 0 Å². The number of aliphatic hydroxyl groups is 1. The molecule has 0 bridgehead atoms. The molecule has 0 aliphatic heterocycles. The van der Waals surface area contributed by atoms with E-state index in [9.17, 15) is 9.59 Å². The van der Waals surface area contributed by atoms with Crippen LogP contribution in [0.25, 0.3) is 0 Å². The van der Waals surface area contributed by atoms with Crippen molar-refractivity contribution in [2.24, 2.45) is 5.92 Å². The third-order valence-corrected chi connectivity index (χ3v) is 1.24. The SMILES string of the molecule is CCOC(=O)[C@H](O)[C@H](C)C=O. The van der Waals surface area contributed by atoms with E-state index in [1.165, 1.54) is 6.92 Å². The summed E-state index contributed by atoms with van der Waals surface area (Å²) in [4.78, 5) is 20.8. The highest BCUT2D eigenvalue weighted by Gasteiger charge is 2.22. The van der Waals surface area contributed by atoms with Crippen molar-refractivity contribution in [3.05, 3.63) is 0 Å². The van der Waals surface area contributed by atoms with E-state index in [1.807, 2.05) is 0 Å². The highest BCUT2D eigenvalue weighted by Crippen LogP contribution is 2.00. The van der Waals surface area contributed by atoms with Crippen molar-refractivity contribution in [3.63, 3.8) is 0 Å². The van der Waals surface area contributed by atoms with E-state index in [-0.39, 0.29) is 6.61 Å². The van der Waals surface area contributed by atoms with Gasteiger partial charge in [0.2, 0.25) is 0 Å². The van der Waals surface area contributed by atoms with Gasteiger partial charge in [-0.3, -0.25) is 0 Å². The molecule has 0 aliphatic rings. The van der Waals surface area contributed by atoms with Crippen molar-refractivity contribution < 1.29 is 19.4 Å². The fourth-order valence-corrected chi connectivity index (χ4v) is 0.517. The first-order valence-corrected chi connectivity index (χ1v) is 3.43. The maximum atomic E-state index is 10.7. The van der Waals surface area contributed by atoms with Crippen LogP contribution in [0.5, 0.6) is 0 Å². The molecule has 11 heavy (non-hydrogen) atoms. The lowest BCUT2D eigenvalue weighted by Gasteiger charge is -2.10. The van der Waals surface area contributed by atoms with Crippen LogP contribution in [0.3, 0.4) is 0 Å². The first kappa shape index (κ1) is 10.1. The number of aliphatic hydroxyl groups excluding tert-OH is 1. The highest BCUT2D eigenvalue weighted by molar-refractivity contribution is 5.78. The van der Waals surface area contributed by atoms with Gasteiger partial charge in [0, 0.05) is 5.92 Å². The smallest absolute Gasteiger partial charge is 0.335 e. The van der Waals surface area contributed by atoms with Gasteiger partial charge in [0.1, 0.15) is 6.29 Å². The van der Waals surface area contributed by atoms with E-state index in [1.54, 1.807) is 6.92 Å². The summed E-state index contributed by atoms with van der Waals surface area (Å²) in [5.41, 5.74) is 0. The summed E-state index contributed by atoms with van der Waals surface area (Å²) in [7, 11) is 0. The first-order valence-electron chi connectivity index (χ1n) is 3.43. The molecule has 0 saturated heterocycles. The van der Waals surface area contributed by atoms with Crippen molar-refractivity contribution in [1.82, 2.24) is 0 Å². The normalized spacial score (nSPS) is 15.2. The van der Waals surface area contributed by atoms with Gasteiger partial charge in [-0.1, -0.05) is 6.92 Å². The summed E-state index contributed by atoms with van der Waals surface area (Å²) in [5.74, 6) is -1.44. The van der Waals surface area contributed by atoms with Crippen LogP contribution in [0.4, 0.5) is 0 Å². The van der Waals surface area contributed by atoms with E-state index in [0.29, 0.717) is 6.29 Å². The van der Waals surface area contributed by atoms with Crippen LogP contribution in [0, 0.1) is 5.92 Å². The topological polar surface area (TPSA) is 63.6 Å². The number of carbonyl (C=O) groups is 2. The standard InChI is InChI=1S/C7H12O4/c1-3-11-7(10)6(9)5(2)4-8/h4-6,9H,3H2,1-2H3/t5-,6-/m1/s1. The van der Waals surface area contributed by atoms with Gasteiger partial charge in [0.05, 0.1) is 6.61 Å².